The molecule has 3 N–H and O–H groups in total. The lowest BCUT2D eigenvalue weighted by Crippen LogP contribution is -2.36. The van der Waals surface area contributed by atoms with Gasteiger partial charge in [-0.1, -0.05) is 54.6 Å². The van der Waals surface area contributed by atoms with E-state index in [1.54, 1.807) is 11.1 Å². The number of hydrogen-bond donors (Lipinski definition) is 3. The van der Waals surface area contributed by atoms with Crippen molar-refractivity contribution in [1.29, 1.82) is 0 Å². The lowest BCUT2D eigenvalue weighted by molar-refractivity contribution is 0.0219. The number of benzene rings is 3. The molecule has 236 valence electrons. The van der Waals surface area contributed by atoms with E-state index in [0.29, 0.717) is 18.9 Å². The maximum Gasteiger partial charge on any atom is 0.410 e. The Hall–Kier alpha value is -5.12. The Bertz CT molecular complexity index is 1890. The van der Waals surface area contributed by atoms with Crippen molar-refractivity contribution in [3.63, 3.8) is 0 Å². The molecule has 0 aliphatic carbocycles. The highest BCUT2D eigenvalue weighted by molar-refractivity contribution is 5.83. The predicted octanol–water partition coefficient (Wildman–Crippen LogP) is 8.17. The highest BCUT2D eigenvalue weighted by Crippen LogP contribution is 2.35. The van der Waals surface area contributed by atoms with Crippen molar-refractivity contribution in [1.82, 2.24) is 29.7 Å². The van der Waals surface area contributed by atoms with Gasteiger partial charge in [0.1, 0.15) is 17.2 Å². The van der Waals surface area contributed by atoms with Crippen LogP contribution in [0.4, 0.5) is 9.59 Å². The maximum absolute atomic E-state index is 12.8. The number of carboxylic acid groups (broad SMARTS) is 1. The van der Waals surface area contributed by atoms with Gasteiger partial charge in [0.2, 0.25) is 0 Å². The summed E-state index contributed by atoms with van der Waals surface area (Å²) in [6.45, 7) is 6.85. The molecule has 2 aliphatic heterocycles. The summed E-state index contributed by atoms with van der Waals surface area (Å²) in [5.41, 5.74) is 7.53. The third-order valence-electron chi connectivity index (χ3n) is 8.85. The summed E-state index contributed by atoms with van der Waals surface area (Å²) < 4.78 is 5.64. The molecule has 2 atom stereocenters. The van der Waals surface area contributed by atoms with Crippen LogP contribution in [0.1, 0.15) is 70.2 Å². The first-order chi connectivity index (χ1) is 22.1. The number of nitrogens with one attached hydrogen (secondary N) is 2. The number of hydrogen-bond acceptors (Lipinski definition) is 5. The van der Waals surface area contributed by atoms with Crippen molar-refractivity contribution in [2.75, 3.05) is 13.1 Å². The van der Waals surface area contributed by atoms with Crippen LogP contribution < -0.4 is 0 Å². The molecule has 2 aromatic heterocycles. The highest BCUT2D eigenvalue weighted by atomic mass is 16.6. The number of aromatic amines is 2. The van der Waals surface area contributed by atoms with Gasteiger partial charge >= 0.3 is 12.2 Å². The largest absolute Gasteiger partial charge is 0.465 e. The number of amides is 2. The third kappa shape index (κ3) is 5.82. The van der Waals surface area contributed by atoms with E-state index in [0.717, 1.165) is 76.1 Å². The van der Waals surface area contributed by atoms with Gasteiger partial charge < -0.3 is 19.8 Å². The zero-order valence-electron chi connectivity index (χ0n) is 26.3. The molecule has 7 rings (SSSR count). The van der Waals surface area contributed by atoms with Crippen molar-refractivity contribution < 1.29 is 19.4 Å². The van der Waals surface area contributed by atoms with E-state index in [1.165, 1.54) is 4.90 Å². The van der Waals surface area contributed by atoms with Gasteiger partial charge in [-0.2, -0.15) is 0 Å². The number of H-pyrrole nitrogens is 2. The van der Waals surface area contributed by atoms with Crippen LogP contribution in [-0.2, 0) is 4.74 Å². The third-order valence-corrected chi connectivity index (χ3v) is 8.85. The van der Waals surface area contributed by atoms with Crippen molar-refractivity contribution in [3.8, 4) is 33.5 Å². The van der Waals surface area contributed by atoms with Crippen LogP contribution in [0, 0.1) is 0 Å². The summed E-state index contributed by atoms with van der Waals surface area (Å²) in [7, 11) is 0. The quantitative estimate of drug-likeness (QED) is 0.182. The van der Waals surface area contributed by atoms with Crippen LogP contribution in [0.3, 0.4) is 0 Å². The van der Waals surface area contributed by atoms with Gasteiger partial charge in [0.15, 0.2) is 0 Å². The van der Waals surface area contributed by atoms with Crippen LogP contribution >= 0.6 is 0 Å². The minimum absolute atomic E-state index is 0.124. The normalized spacial score (nSPS) is 18.4. The molecule has 0 spiro atoms. The van der Waals surface area contributed by atoms with Gasteiger partial charge in [-0.05, 0) is 86.4 Å². The van der Waals surface area contributed by atoms with Crippen molar-refractivity contribution in [2.45, 2.75) is 64.1 Å². The number of nitrogens with zero attached hydrogens (tertiary/aromatic N) is 4. The molecule has 46 heavy (non-hydrogen) atoms. The summed E-state index contributed by atoms with van der Waals surface area (Å²) >= 11 is 0. The second-order valence-electron chi connectivity index (χ2n) is 13.2. The minimum atomic E-state index is -0.903. The van der Waals surface area contributed by atoms with Crippen molar-refractivity contribution >= 4 is 23.2 Å². The second-order valence-corrected chi connectivity index (χ2v) is 13.2. The fourth-order valence-electron chi connectivity index (χ4n) is 6.59. The van der Waals surface area contributed by atoms with Gasteiger partial charge in [0.05, 0.1) is 35.0 Å². The van der Waals surface area contributed by atoms with Gasteiger partial charge in [-0.3, -0.25) is 9.80 Å². The van der Waals surface area contributed by atoms with Gasteiger partial charge in [0.25, 0.3) is 0 Å². The molecule has 2 saturated heterocycles. The predicted molar refractivity (Wildman–Crippen MR) is 176 cm³/mol. The SMILES string of the molecule is CC(C)(C)OC(=O)N1CCC[C@H]1c1nc2ccc(-c3ccc(-c4ccc(-c5cnc(C6CCCN6C(=O)O)[nH]5)cc4)cc3)cc2[nH]1. The number of ether oxygens (including phenoxy) is 1. The Labute approximate surface area is 267 Å². The summed E-state index contributed by atoms with van der Waals surface area (Å²) in [5, 5.41) is 9.48. The zero-order valence-corrected chi connectivity index (χ0v) is 26.3. The fraction of sp³-hybridized carbons (Fsp3) is 0.333. The summed E-state index contributed by atoms with van der Waals surface area (Å²) in [6, 6.07) is 22.7. The van der Waals surface area contributed by atoms with E-state index in [-0.39, 0.29) is 18.2 Å². The average Bonchev–Trinajstić information content (AvgIpc) is 3.85. The molecular weight excluding hydrogens is 580 g/mol. The Morgan fingerprint density at radius 1 is 0.783 bits per heavy atom. The number of likely N-dealkylation sites (tertiary alicyclic amines) is 2. The topological polar surface area (TPSA) is 127 Å². The highest BCUT2D eigenvalue weighted by Gasteiger charge is 2.35. The Morgan fingerprint density at radius 3 is 1.98 bits per heavy atom. The van der Waals surface area contributed by atoms with Crippen molar-refractivity contribution in [3.05, 3.63) is 84.6 Å². The molecule has 10 nitrogen and oxygen atoms in total. The molecule has 2 amide bonds. The number of rotatable bonds is 5. The van der Waals surface area contributed by atoms with Crippen LogP contribution in [0.15, 0.2) is 72.9 Å². The van der Waals surface area contributed by atoms with Crippen molar-refractivity contribution in [2.24, 2.45) is 0 Å². The molecule has 0 bridgehead atoms. The summed E-state index contributed by atoms with van der Waals surface area (Å²) in [6.07, 6.45) is 3.97. The first-order valence-corrected chi connectivity index (χ1v) is 15.9. The van der Waals surface area contributed by atoms with E-state index in [4.69, 9.17) is 9.72 Å². The first-order valence-electron chi connectivity index (χ1n) is 15.9. The summed E-state index contributed by atoms with van der Waals surface area (Å²) in [4.78, 5) is 43.8. The molecule has 0 saturated carbocycles. The summed E-state index contributed by atoms with van der Waals surface area (Å²) in [5.74, 6) is 1.49. The molecule has 2 aliphatic rings. The minimum Gasteiger partial charge on any atom is -0.465 e. The number of fused-ring (bicyclic) bond motifs is 1. The molecule has 4 heterocycles. The monoisotopic (exact) mass is 618 g/mol. The molecule has 0 radical (unpaired) electrons. The standard InChI is InChI=1S/C36H38N6O4/c1-36(2,3)46-35(45)42-19-5-7-31(42)33-38-27-17-16-26(20-28(27)39-33)24-10-8-22(9-11-24)23-12-14-25(15-13-23)29-21-37-32(40-29)30-6-4-18-41(30)34(43)44/h8-17,20-21,30-31H,4-7,18-19H2,1-3H3,(H,37,40)(H,38,39)(H,43,44)/t30?,31-/m0/s1. The molecule has 2 fully saturated rings. The lowest BCUT2D eigenvalue weighted by atomic mass is 9.99. The van der Waals surface area contributed by atoms with Crippen LogP contribution in [0.25, 0.3) is 44.5 Å². The Balaban J connectivity index is 1.05. The number of carbonyl (C=O) groups excluding carboxylic acids is 1. The molecule has 10 heteroatoms. The molecule has 1 unspecified atom stereocenters. The molecular formula is C36H38N6O4. The fourth-order valence-corrected chi connectivity index (χ4v) is 6.59. The van der Waals surface area contributed by atoms with Gasteiger partial charge in [0, 0.05) is 13.1 Å². The van der Waals surface area contributed by atoms with E-state index < -0.39 is 11.7 Å². The van der Waals surface area contributed by atoms with Gasteiger partial charge in [-0.25, -0.2) is 19.6 Å². The average molecular weight is 619 g/mol. The first kappa shape index (κ1) is 29.6. The van der Waals surface area contributed by atoms with Crippen LogP contribution in [-0.4, -0.2) is 65.7 Å². The van der Waals surface area contributed by atoms with E-state index in [2.05, 4.69) is 75.6 Å². The lowest BCUT2D eigenvalue weighted by Gasteiger charge is -2.27. The zero-order chi connectivity index (χ0) is 32.0. The van der Waals surface area contributed by atoms with E-state index >= 15 is 0 Å². The van der Waals surface area contributed by atoms with E-state index in [1.807, 2.05) is 26.8 Å². The number of aromatic nitrogens is 4. The second kappa shape index (κ2) is 11.7. The van der Waals surface area contributed by atoms with Crippen LogP contribution in [0.5, 0.6) is 0 Å². The van der Waals surface area contributed by atoms with E-state index in [9.17, 15) is 14.7 Å². The van der Waals surface area contributed by atoms with Crippen LogP contribution in [0.2, 0.25) is 0 Å². The number of carbonyl (C=O) groups is 2. The van der Waals surface area contributed by atoms with Gasteiger partial charge in [-0.15, -0.1) is 0 Å². The number of imidazole rings is 2. The molecule has 5 aromatic rings. The maximum atomic E-state index is 12.8. The Morgan fingerprint density at radius 2 is 1.35 bits per heavy atom. The molecule has 3 aromatic carbocycles. The smallest absolute Gasteiger partial charge is 0.410 e. The Kier molecular flexibility index (Phi) is 7.50.